The van der Waals surface area contributed by atoms with Crippen LogP contribution in [0.15, 0.2) is 30.5 Å². The number of rotatable bonds is 5. The Morgan fingerprint density at radius 1 is 1.18 bits per heavy atom. The average Bonchev–Trinajstić information content (AvgIpc) is 2.46. The summed E-state index contributed by atoms with van der Waals surface area (Å²) in [6.45, 7) is 2.61. The zero-order valence-corrected chi connectivity index (χ0v) is 12.2. The third kappa shape index (κ3) is 4.61. The number of halogens is 3. The molecule has 0 unspecified atom stereocenters. The van der Waals surface area contributed by atoms with E-state index in [4.69, 9.17) is 4.74 Å². The molecule has 1 aromatic heterocycles. The molecule has 0 radical (unpaired) electrons. The molecule has 1 aromatic carbocycles. The van der Waals surface area contributed by atoms with Crippen molar-refractivity contribution < 1.29 is 17.9 Å². The van der Waals surface area contributed by atoms with Crippen molar-refractivity contribution in [3.8, 4) is 5.75 Å². The third-order valence-corrected chi connectivity index (χ3v) is 2.89. The van der Waals surface area contributed by atoms with Crippen molar-refractivity contribution in [1.82, 2.24) is 9.97 Å². The highest BCUT2D eigenvalue weighted by molar-refractivity contribution is 5.42. The fourth-order valence-electron chi connectivity index (χ4n) is 1.83. The van der Waals surface area contributed by atoms with Gasteiger partial charge in [0.2, 0.25) is 0 Å². The molecule has 1 heterocycles. The molecule has 0 spiro atoms. The second kappa shape index (κ2) is 6.64. The number of aromatic nitrogens is 2. The Kier molecular flexibility index (Phi) is 4.85. The Morgan fingerprint density at radius 3 is 2.64 bits per heavy atom. The first-order chi connectivity index (χ1) is 10.3. The van der Waals surface area contributed by atoms with Crippen LogP contribution in [-0.4, -0.2) is 22.8 Å². The summed E-state index contributed by atoms with van der Waals surface area (Å²) in [5, 5.41) is 3.07. The van der Waals surface area contributed by atoms with Crippen molar-refractivity contribution in [3.63, 3.8) is 0 Å². The zero-order chi connectivity index (χ0) is 16.2. The largest absolute Gasteiger partial charge is 0.484 e. The van der Waals surface area contributed by atoms with Crippen LogP contribution in [0.4, 0.5) is 19.0 Å². The number of para-hydroxylation sites is 1. The molecule has 0 fully saturated rings. The Bertz CT molecular complexity index is 644. The van der Waals surface area contributed by atoms with Crippen LogP contribution in [0.3, 0.4) is 0 Å². The number of aryl methyl sites for hydroxylation is 2. The highest BCUT2D eigenvalue weighted by Gasteiger charge is 2.28. The predicted molar refractivity (Wildman–Crippen MR) is 76.8 cm³/mol. The van der Waals surface area contributed by atoms with Gasteiger partial charge in [0, 0.05) is 18.3 Å². The molecule has 0 aliphatic heterocycles. The number of nitrogens with one attached hydrogen (secondary N) is 1. The van der Waals surface area contributed by atoms with Gasteiger partial charge < -0.3 is 10.1 Å². The fraction of sp³-hybridized carbons (Fsp3) is 0.333. The normalized spacial score (nSPS) is 11.3. The van der Waals surface area contributed by atoms with Crippen LogP contribution in [-0.2, 0) is 6.54 Å². The van der Waals surface area contributed by atoms with Crippen molar-refractivity contribution in [1.29, 1.82) is 0 Å². The SMILES string of the molecule is Cc1cnc(C)c(NCc2ccccc2OCC(F)(F)F)n1. The number of hydrogen-bond acceptors (Lipinski definition) is 4. The van der Waals surface area contributed by atoms with Gasteiger partial charge in [-0.2, -0.15) is 13.2 Å². The van der Waals surface area contributed by atoms with Crippen molar-refractivity contribution in [3.05, 3.63) is 47.4 Å². The van der Waals surface area contributed by atoms with Crippen molar-refractivity contribution in [2.75, 3.05) is 11.9 Å². The van der Waals surface area contributed by atoms with Crippen LogP contribution in [0.5, 0.6) is 5.75 Å². The molecule has 0 atom stereocenters. The molecular formula is C15H16F3N3O. The lowest BCUT2D eigenvalue weighted by atomic mass is 10.2. The lowest BCUT2D eigenvalue weighted by Crippen LogP contribution is -2.20. The summed E-state index contributed by atoms with van der Waals surface area (Å²) in [6.07, 6.45) is -2.71. The summed E-state index contributed by atoms with van der Waals surface area (Å²) < 4.78 is 41.6. The molecule has 0 bridgehead atoms. The monoisotopic (exact) mass is 311 g/mol. The summed E-state index contributed by atoms with van der Waals surface area (Å²) >= 11 is 0. The van der Waals surface area contributed by atoms with Crippen molar-refractivity contribution >= 4 is 5.82 Å². The van der Waals surface area contributed by atoms with E-state index in [0.717, 1.165) is 11.4 Å². The van der Waals surface area contributed by atoms with Gasteiger partial charge in [-0.3, -0.25) is 4.98 Å². The fourth-order valence-corrected chi connectivity index (χ4v) is 1.83. The number of ether oxygens (including phenoxy) is 1. The first kappa shape index (κ1) is 16.1. The Morgan fingerprint density at radius 2 is 1.91 bits per heavy atom. The average molecular weight is 311 g/mol. The van der Waals surface area contributed by atoms with Gasteiger partial charge in [0.1, 0.15) is 11.6 Å². The van der Waals surface area contributed by atoms with Gasteiger partial charge in [0.05, 0.1) is 11.4 Å². The van der Waals surface area contributed by atoms with E-state index in [1.165, 1.54) is 6.07 Å². The Balaban J connectivity index is 2.08. The minimum absolute atomic E-state index is 0.200. The maximum Gasteiger partial charge on any atom is 0.422 e. The van der Waals surface area contributed by atoms with E-state index in [-0.39, 0.29) is 5.75 Å². The molecule has 2 aromatic rings. The van der Waals surface area contributed by atoms with Crippen LogP contribution >= 0.6 is 0 Å². The molecule has 7 heteroatoms. The van der Waals surface area contributed by atoms with E-state index < -0.39 is 12.8 Å². The van der Waals surface area contributed by atoms with Gasteiger partial charge in [-0.25, -0.2) is 4.98 Å². The van der Waals surface area contributed by atoms with Crippen LogP contribution < -0.4 is 10.1 Å². The maximum atomic E-state index is 12.3. The maximum absolute atomic E-state index is 12.3. The standard InChI is InChI=1S/C15H16F3N3O/c1-10-7-19-11(2)14(21-10)20-8-12-5-3-4-6-13(12)22-9-15(16,17)18/h3-7H,8-9H2,1-2H3,(H,20,21). The summed E-state index contributed by atoms with van der Waals surface area (Å²) in [5.74, 6) is 0.802. The number of anilines is 1. The Hall–Kier alpha value is -2.31. The number of hydrogen-bond donors (Lipinski definition) is 1. The number of nitrogens with zero attached hydrogens (tertiary/aromatic N) is 2. The molecule has 2 rings (SSSR count). The first-order valence-electron chi connectivity index (χ1n) is 6.67. The van der Waals surface area contributed by atoms with E-state index in [1.807, 2.05) is 6.92 Å². The van der Waals surface area contributed by atoms with Crippen LogP contribution in [0.25, 0.3) is 0 Å². The molecule has 118 valence electrons. The summed E-state index contributed by atoms with van der Waals surface area (Å²) in [6, 6.07) is 6.59. The van der Waals surface area contributed by atoms with E-state index in [2.05, 4.69) is 15.3 Å². The van der Waals surface area contributed by atoms with E-state index in [1.54, 1.807) is 31.3 Å². The second-order valence-corrected chi connectivity index (χ2v) is 4.81. The minimum atomic E-state index is -4.36. The molecule has 4 nitrogen and oxygen atoms in total. The van der Waals surface area contributed by atoms with Gasteiger partial charge in [-0.1, -0.05) is 18.2 Å². The lowest BCUT2D eigenvalue weighted by Gasteiger charge is -2.14. The van der Waals surface area contributed by atoms with Gasteiger partial charge >= 0.3 is 6.18 Å². The van der Waals surface area contributed by atoms with E-state index in [9.17, 15) is 13.2 Å². The van der Waals surface area contributed by atoms with Gasteiger partial charge in [0.15, 0.2) is 6.61 Å². The quantitative estimate of drug-likeness (QED) is 0.915. The third-order valence-electron chi connectivity index (χ3n) is 2.89. The van der Waals surface area contributed by atoms with Gasteiger partial charge in [-0.05, 0) is 19.9 Å². The molecule has 0 saturated carbocycles. The van der Waals surface area contributed by atoms with Gasteiger partial charge in [-0.15, -0.1) is 0 Å². The molecule has 0 amide bonds. The first-order valence-corrected chi connectivity index (χ1v) is 6.67. The lowest BCUT2D eigenvalue weighted by molar-refractivity contribution is -0.153. The minimum Gasteiger partial charge on any atom is -0.484 e. The van der Waals surface area contributed by atoms with Crippen LogP contribution in [0.2, 0.25) is 0 Å². The van der Waals surface area contributed by atoms with E-state index in [0.29, 0.717) is 17.9 Å². The summed E-state index contributed by atoms with van der Waals surface area (Å²) in [7, 11) is 0. The van der Waals surface area contributed by atoms with Crippen molar-refractivity contribution in [2.24, 2.45) is 0 Å². The number of alkyl halides is 3. The van der Waals surface area contributed by atoms with E-state index >= 15 is 0 Å². The predicted octanol–water partition coefficient (Wildman–Crippen LogP) is 3.65. The highest BCUT2D eigenvalue weighted by atomic mass is 19.4. The summed E-state index contributed by atoms with van der Waals surface area (Å²) in [4.78, 5) is 8.49. The molecule has 0 aliphatic carbocycles. The zero-order valence-electron chi connectivity index (χ0n) is 12.2. The summed E-state index contributed by atoms with van der Waals surface area (Å²) in [5.41, 5.74) is 2.10. The second-order valence-electron chi connectivity index (χ2n) is 4.81. The molecule has 0 saturated heterocycles. The highest BCUT2D eigenvalue weighted by Crippen LogP contribution is 2.23. The molecule has 1 N–H and O–H groups in total. The van der Waals surface area contributed by atoms with Crippen molar-refractivity contribution in [2.45, 2.75) is 26.6 Å². The topological polar surface area (TPSA) is 47.0 Å². The van der Waals surface area contributed by atoms with Gasteiger partial charge in [0.25, 0.3) is 0 Å². The Labute approximate surface area is 126 Å². The molecule has 22 heavy (non-hydrogen) atoms. The van der Waals surface area contributed by atoms with Crippen LogP contribution in [0.1, 0.15) is 17.0 Å². The molecular weight excluding hydrogens is 295 g/mol. The van der Waals surface area contributed by atoms with Crippen LogP contribution in [0, 0.1) is 13.8 Å². The number of benzene rings is 1. The smallest absolute Gasteiger partial charge is 0.422 e. The molecule has 0 aliphatic rings.